The maximum atomic E-state index is 15.4. The molecule has 1 atom stereocenters. The van der Waals surface area contributed by atoms with Crippen molar-refractivity contribution in [2.45, 2.75) is 43.5 Å². The quantitative estimate of drug-likeness (QED) is 0.270. The van der Waals surface area contributed by atoms with Crippen molar-refractivity contribution in [1.82, 2.24) is 9.88 Å². The maximum Gasteiger partial charge on any atom is 0.493 e. The molecule has 39 heavy (non-hydrogen) atoms. The molecule has 1 aliphatic rings. The number of alkyl halides is 3. The second-order valence-electron chi connectivity index (χ2n) is 9.05. The fourth-order valence-electron chi connectivity index (χ4n) is 4.07. The summed E-state index contributed by atoms with van der Waals surface area (Å²) >= 11 is 0.462. The van der Waals surface area contributed by atoms with Crippen molar-refractivity contribution in [3.05, 3.63) is 70.7 Å². The van der Waals surface area contributed by atoms with Crippen molar-refractivity contribution < 1.29 is 44.7 Å². The molecule has 3 aromatic rings. The van der Waals surface area contributed by atoms with Crippen LogP contribution in [0.15, 0.2) is 52.9 Å². The molecule has 8 nitrogen and oxygen atoms in total. The number of anilines is 1. The number of nitrogens with zero attached hydrogens (tertiary/aromatic N) is 3. The minimum absolute atomic E-state index is 0.277. The van der Waals surface area contributed by atoms with Crippen LogP contribution in [0.2, 0.25) is 0 Å². The molecular formula is C24H22F5N3O5S2. The van der Waals surface area contributed by atoms with Crippen LogP contribution in [-0.4, -0.2) is 49.1 Å². The molecule has 0 saturated carbocycles. The van der Waals surface area contributed by atoms with Crippen LogP contribution < -0.4 is 9.21 Å². The van der Waals surface area contributed by atoms with Crippen molar-refractivity contribution in [1.29, 1.82) is 0 Å². The van der Waals surface area contributed by atoms with Crippen molar-refractivity contribution in [3.8, 4) is 5.75 Å². The van der Waals surface area contributed by atoms with E-state index in [0.29, 0.717) is 43.5 Å². The summed E-state index contributed by atoms with van der Waals surface area (Å²) < 4.78 is 101. The van der Waals surface area contributed by atoms with Crippen LogP contribution in [0.5, 0.6) is 5.75 Å². The summed E-state index contributed by atoms with van der Waals surface area (Å²) in [6.45, 7) is 4.56. The number of carbonyl (C=O) groups excluding carboxylic acids is 1. The van der Waals surface area contributed by atoms with E-state index in [9.17, 15) is 26.4 Å². The fourth-order valence-corrected chi connectivity index (χ4v) is 6.25. The topological polar surface area (TPSA) is 89.0 Å². The summed E-state index contributed by atoms with van der Waals surface area (Å²) in [6.07, 6.45) is -4.09. The van der Waals surface area contributed by atoms with Gasteiger partial charge in [0.05, 0.1) is 0 Å². The van der Waals surface area contributed by atoms with Gasteiger partial charge in [-0.2, -0.15) is 21.6 Å². The maximum absolute atomic E-state index is 15.4. The minimum atomic E-state index is -5.60. The lowest BCUT2D eigenvalue weighted by Gasteiger charge is -2.28. The van der Waals surface area contributed by atoms with Gasteiger partial charge in [0.2, 0.25) is 5.13 Å². The Morgan fingerprint density at radius 3 is 2.54 bits per heavy atom. The van der Waals surface area contributed by atoms with Crippen molar-refractivity contribution in [2.75, 3.05) is 17.6 Å². The highest BCUT2D eigenvalue weighted by molar-refractivity contribution is 7.92. The normalized spacial score (nSPS) is 18.2. The Kier molecular flexibility index (Phi) is 7.87. The zero-order chi connectivity index (χ0) is 28.6. The largest absolute Gasteiger partial charge is 0.493 e. The third-order valence-electron chi connectivity index (χ3n) is 5.94. The van der Waals surface area contributed by atoms with Crippen LogP contribution in [0.4, 0.5) is 27.1 Å². The van der Waals surface area contributed by atoms with Crippen LogP contribution in [0, 0.1) is 18.6 Å². The molecule has 1 fully saturated rings. The predicted molar refractivity (Wildman–Crippen MR) is 130 cm³/mol. The average molecular weight is 592 g/mol. The predicted octanol–water partition coefficient (Wildman–Crippen LogP) is 4.99. The number of hydrogen-bond acceptors (Lipinski definition) is 8. The summed E-state index contributed by atoms with van der Waals surface area (Å²) in [4.78, 5) is 19.4. The third kappa shape index (κ3) is 6.15. The number of sulfonamides is 1. The van der Waals surface area contributed by atoms with Gasteiger partial charge in [-0.25, -0.2) is 18.6 Å². The Labute approximate surface area is 224 Å². The van der Waals surface area contributed by atoms with E-state index in [0.717, 1.165) is 24.1 Å². The lowest BCUT2D eigenvalue weighted by atomic mass is 10.1. The van der Waals surface area contributed by atoms with E-state index < -0.39 is 59.5 Å². The molecule has 210 valence electrons. The number of ether oxygens (including phenoxy) is 1. The van der Waals surface area contributed by atoms with Gasteiger partial charge in [0.1, 0.15) is 11.4 Å². The molecule has 0 aliphatic carbocycles. The lowest BCUT2D eigenvalue weighted by Crippen LogP contribution is -2.39. The molecular weight excluding hydrogens is 569 g/mol. The second kappa shape index (κ2) is 10.7. The van der Waals surface area contributed by atoms with E-state index in [1.807, 2.05) is 30.3 Å². The fraction of sp³-hybridized carbons (Fsp3) is 0.333. The number of halogens is 5. The summed E-state index contributed by atoms with van der Waals surface area (Å²) in [5.74, 6) is -6.47. The summed E-state index contributed by atoms with van der Waals surface area (Å²) in [6, 6.07) is 10.3. The van der Waals surface area contributed by atoms with Crippen LogP contribution in [0.1, 0.15) is 24.5 Å². The zero-order valence-corrected chi connectivity index (χ0v) is 22.2. The smallest absolute Gasteiger partial charge is 0.486 e. The van der Waals surface area contributed by atoms with Crippen molar-refractivity contribution >= 4 is 32.5 Å². The first-order valence-corrected chi connectivity index (χ1v) is 13.7. The van der Waals surface area contributed by atoms with Gasteiger partial charge in [-0.15, -0.1) is 11.3 Å². The van der Waals surface area contributed by atoms with Crippen molar-refractivity contribution in [2.24, 2.45) is 0 Å². The van der Waals surface area contributed by atoms with Gasteiger partial charge in [-0.3, -0.25) is 4.90 Å². The Balaban J connectivity index is 1.62. The first kappa shape index (κ1) is 28.7. The van der Waals surface area contributed by atoms with Crippen LogP contribution in [0.25, 0.3) is 0 Å². The van der Waals surface area contributed by atoms with Gasteiger partial charge < -0.3 is 9.57 Å². The number of aromatic nitrogens is 1. The van der Waals surface area contributed by atoms with E-state index in [-0.39, 0.29) is 5.75 Å². The first-order chi connectivity index (χ1) is 18.2. The monoisotopic (exact) mass is 591 g/mol. The summed E-state index contributed by atoms with van der Waals surface area (Å²) in [7, 11) is -5.54. The molecule has 0 bridgehead atoms. The highest BCUT2D eigenvalue weighted by atomic mass is 32.2. The van der Waals surface area contributed by atoms with Gasteiger partial charge in [0.15, 0.2) is 16.5 Å². The molecule has 1 aromatic heterocycles. The Morgan fingerprint density at radius 1 is 1.23 bits per heavy atom. The van der Waals surface area contributed by atoms with Gasteiger partial charge in [0.25, 0.3) is 0 Å². The van der Waals surface area contributed by atoms with Crippen LogP contribution >= 0.6 is 11.3 Å². The molecule has 0 radical (unpaired) electrons. The van der Waals surface area contributed by atoms with Gasteiger partial charge >= 0.3 is 22.2 Å². The van der Waals surface area contributed by atoms with Crippen LogP contribution in [-0.2, 0) is 26.2 Å². The first-order valence-electron chi connectivity index (χ1n) is 11.4. The van der Waals surface area contributed by atoms with E-state index in [1.54, 1.807) is 6.92 Å². The number of benzene rings is 2. The SMILES string of the molecule is Cc1c(OC2(C)CCN(Cc3ccccc3)C2)cc(F)c(S(=O)(=O)N(OC(=O)C(F)(F)F)c2nccs2)c1F. The molecule has 4 rings (SSSR count). The number of hydrogen-bond donors (Lipinski definition) is 0. The molecule has 0 amide bonds. The molecule has 1 unspecified atom stereocenters. The zero-order valence-electron chi connectivity index (χ0n) is 20.5. The van der Waals surface area contributed by atoms with E-state index >= 15 is 8.78 Å². The molecule has 2 heterocycles. The summed E-state index contributed by atoms with van der Waals surface area (Å²) in [5.41, 5.74) is -0.201. The average Bonchev–Trinajstić information content (AvgIpc) is 3.50. The van der Waals surface area contributed by atoms with Gasteiger partial charge in [0, 0.05) is 49.3 Å². The number of carbonyl (C=O) groups is 1. The number of likely N-dealkylation sites (tertiary alicyclic amines) is 1. The van der Waals surface area contributed by atoms with E-state index in [2.05, 4.69) is 14.7 Å². The molecule has 0 spiro atoms. The molecule has 2 aromatic carbocycles. The number of thiazole rings is 1. The lowest BCUT2D eigenvalue weighted by molar-refractivity contribution is -0.199. The molecule has 1 saturated heterocycles. The Bertz CT molecular complexity index is 1450. The highest BCUT2D eigenvalue weighted by Gasteiger charge is 2.47. The third-order valence-corrected chi connectivity index (χ3v) is 8.37. The minimum Gasteiger partial charge on any atom is -0.486 e. The molecule has 1 aliphatic heterocycles. The second-order valence-corrected chi connectivity index (χ2v) is 11.6. The molecule has 0 N–H and O–H groups in total. The number of rotatable bonds is 8. The standard InChI is InChI=1S/C24H22F5N3O5S2/c1-15-18(36-23(2)8-10-31(14-23)13-16-6-4-3-5-7-16)12-17(25)20(19(15)26)39(34,35)32(22-30-9-11-38-22)37-21(33)24(27,28)29/h3-7,9,11-12H,8,10,13-14H2,1-2H3. The van der Waals surface area contributed by atoms with E-state index in [4.69, 9.17) is 4.74 Å². The van der Waals surface area contributed by atoms with Crippen molar-refractivity contribution in [3.63, 3.8) is 0 Å². The van der Waals surface area contributed by atoms with Gasteiger partial charge in [-0.1, -0.05) is 34.8 Å². The van der Waals surface area contributed by atoms with Gasteiger partial charge in [-0.05, 0) is 19.4 Å². The Morgan fingerprint density at radius 2 is 1.92 bits per heavy atom. The Hall–Kier alpha value is -3.30. The van der Waals surface area contributed by atoms with E-state index in [1.165, 1.54) is 0 Å². The molecule has 15 heteroatoms. The summed E-state index contributed by atoms with van der Waals surface area (Å²) in [5, 5.41) is 0.388. The highest BCUT2D eigenvalue weighted by Crippen LogP contribution is 2.37. The van der Waals surface area contributed by atoms with Crippen LogP contribution in [0.3, 0.4) is 0 Å².